The highest BCUT2D eigenvalue weighted by atomic mass is 16.2. The van der Waals surface area contributed by atoms with Crippen molar-refractivity contribution < 1.29 is 9.59 Å². The van der Waals surface area contributed by atoms with Gasteiger partial charge in [0, 0.05) is 11.3 Å². The fourth-order valence-electron chi connectivity index (χ4n) is 2.06. The van der Waals surface area contributed by atoms with Gasteiger partial charge >= 0.3 is 0 Å². The maximum absolute atomic E-state index is 11.4. The molecule has 0 spiro atoms. The average molecular weight is 267 g/mol. The van der Waals surface area contributed by atoms with Crippen LogP contribution in [0.15, 0.2) is 0 Å². The molecule has 0 unspecified atom stereocenters. The fraction of sp³-hybridized carbons (Fsp3) is 0.875. The van der Waals surface area contributed by atoms with Gasteiger partial charge in [-0.15, -0.1) is 0 Å². The highest BCUT2D eigenvalue weighted by molar-refractivity contribution is 5.90. The van der Waals surface area contributed by atoms with Crippen LogP contribution in [0.4, 0.5) is 0 Å². The summed E-state index contributed by atoms with van der Waals surface area (Å²) in [6, 6.07) is 0. The van der Waals surface area contributed by atoms with Crippen molar-refractivity contribution in [1.82, 2.24) is 5.32 Å². The molecule has 2 aliphatic rings. The minimum Gasteiger partial charge on any atom is -0.349 e. The van der Waals surface area contributed by atoms with Crippen LogP contribution in [0.5, 0.6) is 0 Å². The lowest BCUT2D eigenvalue weighted by molar-refractivity contribution is -0.129. The molecule has 2 fully saturated rings. The smallest absolute Gasteiger partial charge is 0.226 e. The van der Waals surface area contributed by atoms with Gasteiger partial charge in [-0.05, 0) is 12.8 Å². The van der Waals surface area contributed by atoms with E-state index in [0.717, 1.165) is 12.8 Å². The number of nitrogens with one attached hydrogen (secondary N) is 1. The summed E-state index contributed by atoms with van der Waals surface area (Å²) in [5.41, 5.74) is -0.169. The van der Waals surface area contributed by atoms with Crippen molar-refractivity contribution in [3.63, 3.8) is 0 Å². The van der Waals surface area contributed by atoms with Crippen LogP contribution in [-0.2, 0) is 9.59 Å². The van der Waals surface area contributed by atoms with Crippen LogP contribution in [0.1, 0.15) is 72.1 Å². The molecule has 2 aliphatic carbocycles. The van der Waals surface area contributed by atoms with E-state index < -0.39 is 0 Å². The van der Waals surface area contributed by atoms with Crippen LogP contribution in [-0.4, -0.2) is 18.2 Å². The second-order valence-corrected chi connectivity index (χ2v) is 6.49. The molecule has 0 radical (unpaired) electrons. The zero-order valence-electron chi connectivity index (χ0n) is 12.8. The lowest BCUT2D eigenvalue weighted by Gasteiger charge is -2.10. The molecular formula is C16H29NO2. The number of ketones is 1. The molecule has 0 aromatic rings. The Labute approximate surface area is 117 Å². The van der Waals surface area contributed by atoms with Crippen LogP contribution in [0.25, 0.3) is 0 Å². The van der Waals surface area contributed by atoms with Gasteiger partial charge in [-0.2, -0.15) is 0 Å². The quantitative estimate of drug-likeness (QED) is 0.847. The molecule has 1 amide bonds. The minimum atomic E-state index is -0.169. The van der Waals surface area contributed by atoms with Crippen molar-refractivity contribution in [1.29, 1.82) is 0 Å². The number of hydrogen-bond acceptors (Lipinski definition) is 2. The molecule has 0 saturated heterocycles. The lowest BCUT2D eigenvalue weighted by Crippen LogP contribution is -2.35. The van der Waals surface area contributed by atoms with Crippen molar-refractivity contribution in [3.05, 3.63) is 0 Å². The molecule has 0 heterocycles. The highest BCUT2D eigenvalue weighted by Crippen LogP contribution is 2.44. The van der Waals surface area contributed by atoms with Crippen molar-refractivity contribution in [2.24, 2.45) is 11.3 Å². The Kier molecular flexibility index (Phi) is 6.53. The van der Waals surface area contributed by atoms with Gasteiger partial charge in [0.2, 0.25) is 5.91 Å². The standard InChI is InChI=1S/C10H17NO2.C6H12/c1-7(2)8(12)6-11-9(13)10(3)4-5-10;1-2-4-6-5-3-1/h7H,4-6H2,1-3H3,(H,11,13);1-6H2. The van der Waals surface area contributed by atoms with Crippen molar-refractivity contribution in [2.45, 2.75) is 72.1 Å². The van der Waals surface area contributed by atoms with Crippen LogP contribution in [0, 0.1) is 11.3 Å². The van der Waals surface area contributed by atoms with Gasteiger partial charge in [0.1, 0.15) is 0 Å². The zero-order valence-corrected chi connectivity index (χ0v) is 12.8. The third kappa shape index (κ3) is 6.22. The first kappa shape index (κ1) is 16.2. The summed E-state index contributed by atoms with van der Waals surface area (Å²) in [6.45, 7) is 5.80. The van der Waals surface area contributed by atoms with Gasteiger partial charge in [0.05, 0.1) is 6.54 Å². The van der Waals surface area contributed by atoms with Gasteiger partial charge in [-0.3, -0.25) is 9.59 Å². The van der Waals surface area contributed by atoms with Gasteiger partial charge in [-0.1, -0.05) is 59.3 Å². The third-order valence-electron chi connectivity index (χ3n) is 4.12. The van der Waals surface area contributed by atoms with E-state index in [1.807, 2.05) is 20.8 Å². The Balaban J connectivity index is 0.000000250. The van der Waals surface area contributed by atoms with E-state index in [9.17, 15) is 9.59 Å². The second-order valence-electron chi connectivity index (χ2n) is 6.49. The molecule has 3 nitrogen and oxygen atoms in total. The monoisotopic (exact) mass is 267 g/mol. The summed E-state index contributed by atoms with van der Waals surface area (Å²) >= 11 is 0. The minimum absolute atomic E-state index is 0.00677. The molecule has 2 rings (SSSR count). The summed E-state index contributed by atoms with van der Waals surface area (Å²) < 4.78 is 0. The molecule has 0 aromatic heterocycles. The van der Waals surface area contributed by atoms with Crippen LogP contribution < -0.4 is 5.32 Å². The number of carbonyl (C=O) groups excluding carboxylic acids is 2. The molecule has 110 valence electrons. The second kappa shape index (κ2) is 7.66. The highest BCUT2D eigenvalue weighted by Gasteiger charge is 2.44. The fourth-order valence-corrected chi connectivity index (χ4v) is 2.06. The van der Waals surface area contributed by atoms with Crippen LogP contribution >= 0.6 is 0 Å². The first-order chi connectivity index (χ1) is 8.96. The van der Waals surface area contributed by atoms with Gasteiger partial charge in [0.25, 0.3) is 0 Å². The molecule has 0 aliphatic heterocycles. The van der Waals surface area contributed by atoms with Crippen LogP contribution in [0.3, 0.4) is 0 Å². The SMILES string of the molecule is C1CCCCC1.CC(C)C(=O)CNC(=O)C1(C)CC1. The predicted octanol–water partition coefficient (Wildman–Crippen LogP) is 3.47. The Bertz CT molecular complexity index is 290. The number of carbonyl (C=O) groups is 2. The molecule has 0 atom stereocenters. The molecular weight excluding hydrogens is 238 g/mol. The van der Waals surface area contributed by atoms with Gasteiger partial charge < -0.3 is 5.32 Å². The Morgan fingerprint density at radius 3 is 1.74 bits per heavy atom. The maximum Gasteiger partial charge on any atom is 0.226 e. The van der Waals surface area contributed by atoms with E-state index >= 15 is 0 Å². The number of hydrogen-bond donors (Lipinski definition) is 1. The molecule has 0 aromatic carbocycles. The van der Waals surface area contributed by atoms with Crippen molar-refractivity contribution in [2.75, 3.05) is 6.54 Å². The summed E-state index contributed by atoms with van der Waals surface area (Å²) in [6.07, 6.45) is 10.9. The zero-order chi connectivity index (χ0) is 14.3. The van der Waals surface area contributed by atoms with Crippen molar-refractivity contribution >= 4 is 11.7 Å². The summed E-state index contributed by atoms with van der Waals surface area (Å²) in [7, 11) is 0. The predicted molar refractivity (Wildman–Crippen MR) is 77.9 cm³/mol. The largest absolute Gasteiger partial charge is 0.349 e. The maximum atomic E-state index is 11.4. The van der Waals surface area contributed by atoms with E-state index in [0.29, 0.717) is 0 Å². The topological polar surface area (TPSA) is 46.2 Å². The Hall–Kier alpha value is -0.860. The molecule has 2 saturated carbocycles. The van der Waals surface area contributed by atoms with E-state index in [1.54, 1.807) is 0 Å². The van der Waals surface area contributed by atoms with E-state index in [-0.39, 0.29) is 29.6 Å². The Morgan fingerprint density at radius 1 is 1.00 bits per heavy atom. The summed E-state index contributed by atoms with van der Waals surface area (Å²) in [5.74, 6) is 0.131. The molecule has 0 bridgehead atoms. The van der Waals surface area contributed by atoms with E-state index in [4.69, 9.17) is 0 Å². The first-order valence-electron chi connectivity index (χ1n) is 7.77. The van der Waals surface area contributed by atoms with Gasteiger partial charge in [0.15, 0.2) is 5.78 Å². The third-order valence-corrected chi connectivity index (χ3v) is 4.12. The number of amides is 1. The summed E-state index contributed by atoms with van der Waals surface area (Å²) in [5, 5.41) is 2.68. The average Bonchev–Trinajstić information content (AvgIpc) is 3.17. The van der Waals surface area contributed by atoms with E-state index in [2.05, 4.69) is 5.32 Å². The first-order valence-corrected chi connectivity index (χ1v) is 7.77. The van der Waals surface area contributed by atoms with Gasteiger partial charge in [-0.25, -0.2) is 0 Å². The summed E-state index contributed by atoms with van der Waals surface area (Å²) in [4.78, 5) is 22.6. The number of rotatable bonds is 4. The molecule has 3 heteroatoms. The van der Waals surface area contributed by atoms with Crippen molar-refractivity contribution in [3.8, 4) is 0 Å². The molecule has 1 N–H and O–H groups in total. The molecule has 19 heavy (non-hydrogen) atoms. The van der Waals surface area contributed by atoms with E-state index in [1.165, 1.54) is 38.5 Å². The normalized spacial score (nSPS) is 20.2. The lowest BCUT2D eigenvalue weighted by atomic mass is 10.0. The van der Waals surface area contributed by atoms with Crippen LogP contribution in [0.2, 0.25) is 0 Å². The number of Topliss-reactive ketones (excluding diaryl/α,β-unsaturated/α-hetero) is 1. The Morgan fingerprint density at radius 2 is 1.42 bits per heavy atom.